The molecule has 1 aliphatic rings. The molecule has 13 heavy (non-hydrogen) atoms. The summed E-state index contributed by atoms with van der Waals surface area (Å²) in [4.78, 5) is 21.3. The topological polar surface area (TPSA) is 66.4 Å². The average Bonchev–Trinajstić information content (AvgIpc) is 2.53. The minimum atomic E-state index is -0.920. The van der Waals surface area contributed by atoms with E-state index >= 15 is 0 Å². The van der Waals surface area contributed by atoms with Crippen LogP contribution in [-0.2, 0) is 9.59 Å². The van der Waals surface area contributed by atoms with Gasteiger partial charge in [0.25, 0.3) is 0 Å². The van der Waals surface area contributed by atoms with Gasteiger partial charge in [-0.1, -0.05) is 0 Å². The first-order valence-electron chi connectivity index (χ1n) is 4.27. The Morgan fingerprint density at radius 1 is 1.46 bits per heavy atom. The largest absolute Gasteiger partial charge is 0.481 e. The van der Waals surface area contributed by atoms with E-state index in [-0.39, 0.29) is 24.8 Å². The number of rotatable bonds is 4. The summed E-state index contributed by atoms with van der Waals surface area (Å²) in [6.45, 7) is 0. The van der Waals surface area contributed by atoms with Gasteiger partial charge in [-0.05, 0) is 12.2 Å². The summed E-state index contributed by atoms with van der Waals surface area (Å²) in [5.41, 5.74) is 0. The number of carboxylic acids is 1. The Morgan fingerprint density at radius 3 is 2.77 bits per heavy atom. The van der Waals surface area contributed by atoms with E-state index in [2.05, 4.69) is 5.32 Å². The fraction of sp³-hybridized carbons (Fsp3) is 0.750. The highest BCUT2D eigenvalue weighted by molar-refractivity contribution is 7.99. The average molecular weight is 203 g/mol. The molecule has 0 aromatic rings. The van der Waals surface area contributed by atoms with E-state index in [1.54, 1.807) is 0 Å². The van der Waals surface area contributed by atoms with Crippen molar-refractivity contribution in [3.05, 3.63) is 0 Å². The van der Waals surface area contributed by atoms with Crippen LogP contribution in [0.25, 0.3) is 0 Å². The smallest absolute Gasteiger partial charge is 0.303 e. The number of hydrogen-bond donors (Lipinski definition) is 2. The van der Waals surface area contributed by atoms with Crippen molar-refractivity contribution in [2.75, 3.05) is 11.5 Å². The van der Waals surface area contributed by atoms with Crippen molar-refractivity contribution < 1.29 is 14.7 Å². The SMILES string of the molecule is O=C(O)CCC(=O)NC1CCSC1. The molecule has 0 aromatic carbocycles. The van der Waals surface area contributed by atoms with Crippen LogP contribution in [0.2, 0.25) is 0 Å². The zero-order valence-corrected chi connectivity index (χ0v) is 8.10. The van der Waals surface area contributed by atoms with Crippen LogP contribution < -0.4 is 5.32 Å². The number of thioether (sulfide) groups is 1. The fourth-order valence-electron chi connectivity index (χ4n) is 1.17. The molecule has 1 amide bonds. The van der Waals surface area contributed by atoms with Crippen LogP contribution in [0.3, 0.4) is 0 Å². The predicted octanol–water partition coefficient (Wildman–Crippen LogP) is 0.473. The van der Waals surface area contributed by atoms with Crippen molar-refractivity contribution >= 4 is 23.6 Å². The molecule has 1 atom stereocenters. The Balaban J connectivity index is 2.13. The zero-order valence-electron chi connectivity index (χ0n) is 7.28. The lowest BCUT2D eigenvalue weighted by atomic mass is 10.2. The van der Waals surface area contributed by atoms with E-state index in [0.717, 1.165) is 17.9 Å². The highest BCUT2D eigenvalue weighted by Crippen LogP contribution is 2.16. The molecule has 0 bridgehead atoms. The molecule has 0 spiro atoms. The molecular formula is C8H13NO3S. The van der Waals surface area contributed by atoms with Crippen LogP contribution in [0.4, 0.5) is 0 Å². The summed E-state index contributed by atoms with van der Waals surface area (Å²) in [7, 11) is 0. The monoisotopic (exact) mass is 203 g/mol. The molecule has 0 saturated carbocycles. The molecule has 2 N–H and O–H groups in total. The number of nitrogens with one attached hydrogen (secondary N) is 1. The third-order valence-corrected chi connectivity index (χ3v) is 3.02. The summed E-state index contributed by atoms with van der Waals surface area (Å²) < 4.78 is 0. The van der Waals surface area contributed by atoms with Gasteiger partial charge in [-0.3, -0.25) is 9.59 Å². The highest BCUT2D eigenvalue weighted by atomic mass is 32.2. The Kier molecular flexibility index (Phi) is 4.08. The molecule has 1 saturated heterocycles. The minimum Gasteiger partial charge on any atom is -0.481 e. The van der Waals surface area contributed by atoms with Gasteiger partial charge in [0.05, 0.1) is 6.42 Å². The Hall–Kier alpha value is -0.710. The standard InChI is InChI=1S/C8H13NO3S/c10-7(1-2-8(11)12)9-6-3-4-13-5-6/h6H,1-5H2,(H,9,10)(H,11,12). The van der Waals surface area contributed by atoms with Crippen LogP contribution in [0, 0.1) is 0 Å². The van der Waals surface area contributed by atoms with Gasteiger partial charge in [0.2, 0.25) is 5.91 Å². The van der Waals surface area contributed by atoms with Gasteiger partial charge in [-0.2, -0.15) is 11.8 Å². The molecular weight excluding hydrogens is 190 g/mol. The van der Waals surface area contributed by atoms with Crippen molar-refractivity contribution in [3.63, 3.8) is 0 Å². The Morgan fingerprint density at radius 2 is 2.23 bits per heavy atom. The van der Waals surface area contributed by atoms with E-state index in [1.807, 2.05) is 11.8 Å². The van der Waals surface area contributed by atoms with Gasteiger partial charge in [0.15, 0.2) is 0 Å². The van der Waals surface area contributed by atoms with Gasteiger partial charge < -0.3 is 10.4 Å². The van der Waals surface area contributed by atoms with Crippen LogP contribution in [0.5, 0.6) is 0 Å². The van der Waals surface area contributed by atoms with E-state index in [4.69, 9.17) is 5.11 Å². The second kappa shape index (κ2) is 5.11. The minimum absolute atomic E-state index is 0.0777. The molecule has 5 heteroatoms. The summed E-state index contributed by atoms with van der Waals surface area (Å²) in [6, 6.07) is 0.256. The fourth-order valence-corrected chi connectivity index (χ4v) is 2.32. The van der Waals surface area contributed by atoms with E-state index < -0.39 is 5.97 Å². The maximum atomic E-state index is 11.1. The van der Waals surface area contributed by atoms with Gasteiger partial charge in [-0.25, -0.2) is 0 Å². The normalized spacial score (nSPS) is 21.4. The number of aliphatic carboxylic acids is 1. The van der Waals surface area contributed by atoms with Crippen LogP contribution in [0.1, 0.15) is 19.3 Å². The summed E-state index contributed by atoms with van der Waals surface area (Å²) in [6.07, 6.45) is 1.02. The second-order valence-corrected chi connectivity index (χ2v) is 4.17. The summed E-state index contributed by atoms with van der Waals surface area (Å²) >= 11 is 1.82. The Labute approximate surface area is 81.1 Å². The first-order chi connectivity index (χ1) is 6.18. The predicted molar refractivity (Wildman–Crippen MR) is 50.7 cm³/mol. The van der Waals surface area contributed by atoms with Crippen molar-refractivity contribution in [1.82, 2.24) is 5.32 Å². The highest BCUT2D eigenvalue weighted by Gasteiger charge is 2.17. The van der Waals surface area contributed by atoms with Crippen LogP contribution in [-0.4, -0.2) is 34.5 Å². The lowest BCUT2D eigenvalue weighted by Gasteiger charge is -2.09. The Bertz CT molecular complexity index is 202. The molecule has 1 heterocycles. The zero-order chi connectivity index (χ0) is 9.68. The molecule has 1 fully saturated rings. The molecule has 1 unspecified atom stereocenters. The second-order valence-electron chi connectivity index (χ2n) is 3.02. The molecule has 0 aliphatic carbocycles. The molecule has 4 nitrogen and oxygen atoms in total. The van der Waals surface area contributed by atoms with Gasteiger partial charge >= 0.3 is 5.97 Å². The lowest BCUT2D eigenvalue weighted by Crippen LogP contribution is -2.34. The maximum Gasteiger partial charge on any atom is 0.303 e. The summed E-state index contributed by atoms with van der Waals surface area (Å²) in [5, 5.41) is 11.2. The molecule has 74 valence electrons. The molecule has 1 aliphatic heterocycles. The summed E-state index contributed by atoms with van der Waals surface area (Å²) in [5.74, 6) is 0.980. The number of carbonyl (C=O) groups excluding carboxylic acids is 1. The van der Waals surface area contributed by atoms with Crippen molar-refractivity contribution in [2.45, 2.75) is 25.3 Å². The van der Waals surface area contributed by atoms with E-state index in [0.29, 0.717) is 0 Å². The number of carbonyl (C=O) groups is 2. The van der Waals surface area contributed by atoms with E-state index in [1.165, 1.54) is 0 Å². The number of carboxylic acid groups (broad SMARTS) is 1. The number of hydrogen-bond acceptors (Lipinski definition) is 3. The quantitative estimate of drug-likeness (QED) is 0.697. The third-order valence-electron chi connectivity index (χ3n) is 1.86. The van der Waals surface area contributed by atoms with Crippen molar-refractivity contribution in [3.8, 4) is 0 Å². The first kappa shape index (κ1) is 10.4. The lowest BCUT2D eigenvalue weighted by molar-refractivity contribution is -0.138. The van der Waals surface area contributed by atoms with Crippen LogP contribution in [0.15, 0.2) is 0 Å². The van der Waals surface area contributed by atoms with Gasteiger partial charge in [0, 0.05) is 18.2 Å². The van der Waals surface area contributed by atoms with Gasteiger partial charge in [0.1, 0.15) is 0 Å². The van der Waals surface area contributed by atoms with E-state index in [9.17, 15) is 9.59 Å². The molecule has 0 aromatic heterocycles. The number of amides is 1. The maximum absolute atomic E-state index is 11.1. The van der Waals surface area contributed by atoms with Crippen molar-refractivity contribution in [2.24, 2.45) is 0 Å². The van der Waals surface area contributed by atoms with Gasteiger partial charge in [-0.15, -0.1) is 0 Å². The molecule has 1 rings (SSSR count). The first-order valence-corrected chi connectivity index (χ1v) is 5.43. The van der Waals surface area contributed by atoms with Crippen LogP contribution >= 0.6 is 11.8 Å². The third kappa shape index (κ3) is 4.17. The molecule has 0 radical (unpaired) electrons. The van der Waals surface area contributed by atoms with Crippen molar-refractivity contribution in [1.29, 1.82) is 0 Å².